The maximum absolute atomic E-state index is 6.41. The molecular weight excluding hydrogens is 496 g/mol. The van der Waals surface area contributed by atoms with Crippen LogP contribution in [0.5, 0.6) is 11.5 Å². The molecule has 0 fully saturated rings. The van der Waals surface area contributed by atoms with Crippen LogP contribution in [0.2, 0.25) is 0 Å². The van der Waals surface area contributed by atoms with Crippen LogP contribution in [0.1, 0.15) is 0 Å². The second-order valence-electron chi connectivity index (χ2n) is 9.52. The summed E-state index contributed by atoms with van der Waals surface area (Å²) in [5, 5.41) is 7.00. The lowest BCUT2D eigenvalue weighted by atomic mass is 10.1. The molecule has 0 N–H and O–H groups in total. The summed E-state index contributed by atoms with van der Waals surface area (Å²) in [6.07, 6.45) is 7.49. The van der Waals surface area contributed by atoms with Gasteiger partial charge in [0.2, 0.25) is 0 Å². The molecule has 7 heteroatoms. The highest BCUT2D eigenvalue weighted by Crippen LogP contribution is 2.35. The fourth-order valence-electron chi connectivity index (χ4n) is 5.38. The highest BCUT2D eigenvalue weighted by Gasteiger charge is 2.15. The first kappa shape index (κ1) is 22.3. The molecule has 190 valence electrons. The minimum atomic E-state index is 0.727. The second-order valence-corrected chi connectivity index (χ2v) is 9.52. The van der Waals surface area contributed by atoms with Crippen molar-refractivity contribution in [2.75, 3.05) is 0 Å². The van der Waals surface area contributed by atoms with Gasteiger partial charge in [-0.1, -0.05) is 36.4 Å². The van der Waals surface area contributed by atoms with Gasteiger partial charge in [0.25, 0.3) is 0 Å². The third kappa shape index (κ3) is 3.56. The molecule has 0 spiro atoms. The van der Waals surface area contributed by atoms with E-state index in [0.717, 1.165) is 56.3 Å². The number of hydrogen-bond acceptors (Lipinski definition) is 4. The van der Waals surface area contributed by atoms with Gasteiger partial charge in [-0.2, -0.15) is 5.10 Å². The predicted molar refractivity (Wildman–Crippen MR) is 157 cm³/mol. The number of para-hydroxylation sites is 1. The Hall–Kier alpha value is -5.69. The lowest BCUT2D eigenvalue weighted by Crippen LogP contribution is -1.97. The summed E-state index contributed by atoms with van der Waals surface area (Å²) < 4.78 is 12.5. The zero-order valence-corrected chi connectivity index (χ0v) is 21.3. The van der Waals surface area contributed by atoms with Crippen LogP contribution in [0.15, 0.2) is 134 Å². The van der Waals surface area contributed by atoms with Gasteiger partial charge in [0.1, 0.15) is 23.1 Å². The van der Waals surface area contributed by atoms with Crippen LogP contribution in [-0.4, -0.2) is 28.9 Å². The topological polar surface area (TPSA) is 62.7 Å². The average Bonchev–Trinajstić information content (AvgIpc) is 3.70. The smallest absolute Gasteiger partial charge is 0.137 e. The minimum absolute atomic E-state index is 0.727. The van der Waals surface area contributed by atoms with Crippen molar-refractivity contribution < 1.29 is 4.74 Å². The number of benzene rings is 3. The molecule has 8 aromatic rings. The standard InChI is InChI=1S/C33H22N6O/c1-2-11-28-26(10-1)27-15-14-25(21-30(27)38(28)33-13-4-6-18-35-33)40-24-9-7-8-23(20-24)39-29-16-19-37(31(29)22-36-39)32-12-3-5-17-34-32/h1-22H. The van der Waals surface area contributed by atoms with Gasteiger partial charge in [0.15, 0.2) is 0 Å². The number of pyridine rings is 2. The molecule has 0 saturated carbocycles. The van der Waals surface area contributed by atoms with E-state index >= 15 is 0 Å². The number of hydrogen-bond donors (Lipinski definition) is 0. The first-order valence-electron chi connectivity index (χ1n) is 13.0. The van der Waals surface area contributed by atoms with Gasteiger partial charge >= 0.3 is 0 Å². The first-order valence-corrected chi connectivity index (χ1v) is 13.0. The molecule has 0 amide bonds. The largest absolute Gasteiger partial charge is 0.457 e. The Balaban J connectivity index is 1.18. The Morgan fingerprint density at radius 3 is 2.17 bits per heavy atom. The molecule has 40 heavy (non-hydrogen) atoms. The molecule has 0 atom stereocenters. The van der Waals surface area contributed by atoms with E-state index in [4.69, 9.17) is 4.74 Å². The second kappa shape index (κ2) is 8.96. The normalized spacial score (nSPS) is 11.5. The van der Waals surface area contributed by atoms with Gasteiger partial charge < -0.3 is 4.74 Å². The zero-order valence-electron chi connectivity index (χ0n) is 21.3. The van der Waals surface area contributed by atoms with Crippen molar-refractivity contribution >= 4 is 32.8 Å². The Bertz CT molecular complexity index is 2140. The van der Waals surface area contributed by atoms with Gasteiger partial charge in [-0.15, -0.1) is 0 Å². The number of fused-ring (bicyclic) bond motifs is 4. The van der Waals surface area contributed by atoms with Crippen molar-refractivity contribution in [3.8, 4) is 28.8 Å². The van der Waals surface area contributed by atoms with Crippen LogP contribution < -0.4 is 4.74 Å². The molecule has 0 unspecified atom stereocenters. The van der Waals surface area contributed by atoms with Gasteiger partial charge in [0.05, 0.1) is 34.0 Å². The van der Waals surface area contributed by atoms with Crippen LogP contribution in [0.3, 0.4) is 0 Å². The van der Waals surface area contributed by atoms with Crippen molar-refractivity contribution in [2.45, 2.75) is 0 Å². The molecule has 0 bridgehead atoms. The van der Waals surface area contributed by atoms with Crippen molar-refractivity contribution in [2.24, 2.45) is 0 Å². The summed E-state index contributed by atoms with van der Waals surface area (Å²) in [6.45, 7) is 0. The highest BCUT2D eigenvalue weighted by atomic mass is 16.5. The summed E-state index contributed by atoms with van der Waals surface area (Å²) >= 11 is 0. The average molecular weight is 519 g/mol. The SMILES string of the molecule is c1ccc(-n2ccc3c2cnn3-c2cccc(Oc3ccc4c5ccccc5n(-c5ccccn5)c4c3)c2)nc1. The van der Waals surface area contributed by atoms with E-state index < -0.39 is 0 Å². The number of nitrogens with zero attached hydrogens (tertiary/aromatic N) is 6. The Morgan fingerprint density at radius 2 is 1.32 bits per heavy atom. The first-order chi connectivity index (χ1) is 19.8. The van der Waals surface area contributed by atoms with Gasteiger partial charge in [0, 0.05) is 41.5 Å². The molecule has 0 saturated heterocycles. The van der Waals surface area contributed by atoms with Crippen LogP contribution >= 0.6 is 0 Å². The fraction of sp³-hybridized carbons (Fsp3) is 0. The van der Waals surface area contributed by atoms with E-state index in [1.807, 2.05) is 94.6 Å². The monoisotopic (exact) mass is 518 g/mol. The van der Waals surface area contributed by atoms with Crippen molar-refractivity contribution in [3.05, 3.63) is 134 Å². The molecule has 5 aromatic heterocycles. The maximum atomic E-state index is 6.41. The molecule has 0 radical (unpaired) electrons. The molecule has 0 aliphatic heterocycles. The quantitative estimate of drug-likeness (QED) is 0.237. The van der Waals surface area contributed by atoms with Crippen LogP contribution in [-0.2, 0) is 0 Å². The summed E-state index contributed by atoms with van der Waals surface area (Å²) in [4.78, 5) is 9.10. The van der Waals surface area contributed by atoms with E-state index in [1.165, 1.54) is 5.39 Å². The zero-order chi connectivity index (χ0) is 26.5. The van der Waals surface area contributed by atoms with Crippen LogP contribution in [0.25, 0.3) is 50.2 Å². The van der Waals surface area contributed by atoms with Crippen molar-refractivity contribution in [1.82, 2.24) is 28.9 Å². The van der Waals surface area contributed by atoms with Gasteiger partial charge in [-0.25, -0.2) is 14.6 Å². The highest BCUT2D eigenvalue weighted by molar-refractivity contribution is 6.09. The molecule has 0 aliphatic rings. The minimum Gasteiger partial charge on any atom is -0.457 e. The fourth-order valence-corrected chi connectivity index (χ4v) is 5.38. The molecule has 0 aliphatic carbocycles. The van der Waals surface area contributed by atoms with E-state index in [1.54, 1.807) is 6.20 Å². The Kier molecular flexibility index (Phi) is 4.99. The van der Waals surface area contributed by atoms with E-state index in [-0.39, 0.29) is 0 Å². The Labute approximate surface area is 229 Å². The van der Waals surface area contributed by atoms with Crippen LogP contribution in [0, 0.1) is 0 Å². The summed E-state index contributed by atoms with van der Waals surface area (Å²) in [5.74, 6) is 3.20. The summed E-state index contributed by atoms with van der Waals surface area (Å²) in [6, 6.07) is 36.5. The lowest BCUT2D eigenvalue weighted by Gasteiger charge is -2.10. The molecule has 8 rings (SSSR count). The van der Waals surface area contributed by atoms with Crippen molar-refractivity contribution in [1.29, 1.82) is 0 Å². The number of rotatable bonds is 5. The molecule has 7 nitrogen and oxygen atoms in total. The Morgan fingerprint density at radius 1 is 0.550 bits per heavy atom. The number of aromatic nitrogens is 6. The predicted octanol–water partition coefficient (Wildman–Crippen LogP) is 7.50. The third-order valence-corrected chi connectivity index (χ3v) is 7.14. The van der Waals surface area contributed by atoms with E-state index in [0.29, 0.717) is 0 Å². The van der Waals surface area contributed by atoms with Gasteiger partial charge in [-0.05, 0) is 60.7 Å². The number of ether oxygens (including phenoxy) is 1. The molecule has 3 aromatic carbocycles. The molecular formula is C33H22N6O. The third-order valence-electron chi connectivity index (χ3n) is 7.14. The van der Waals surface area contributed by atoms with Gasteiger partial charge in [-0.3, -0.25) is 9.13 Å². The van der Waals surface area contributed by atoms with E-state index in [9.17, 15) is 0 Å². The maximum Gasteiger partial charge on any atom is 0.137 e. The lowest BCUT2D eigenvalue weighted by molar-refractivity contribution is 0.483. The van der Waals surface area contributed by atoms with Crippen LogP contribution in [0.4, 0.5) is 0 Å². The van der Waals surface area contributed by atoms with E-state index in [2.05, 4.69) is 62.1 Å². The molecule has 5 heterocycles. The summed E-state index contributed by atoms with van der Waals surface area (Å²) in [5.41, 5.74) is 5.03. The summed E-state index contributed by atoms with van der Waals surface area (Å²) in [7, 11) is 0. The van der Waals surface area contributed by atoms with Crippen molar-refractivity contribution in [3.63, 3.8) is 0 Å².